The van der Waals surface area contributed by atoms with Crippen LogP contribution in [0.25, 0.3) is 22.3 Å². The van der Waals surface area contributed by atoms with Crippen LogP contribution in [0.5, 0.6) is 0 Å². The van der Waals surface area contributed by atoms with Crippen molar-refractivity contribution in [1.82, 2.24) is 14.7 Å². The van der Waals surface area contributed by atoms with Gasteiger partial charge in [-0.15, -0.1) is 11.3 Å². The van der Waals surface area contributed by atoms with Gasteiger partial charge >= 0.3 is 5.97 Å². The maximum absolute atomic E-state index is 12.4. The van der Waals surface area contributed by atoms with Crippen LogP contribution in [-0.4, -0.2) is 39.2 Å². The molecular formula is C25H17N3O4S. The fraction of sp³-hybridized carbons (Fsp3) is 0.0400. The van der Waals surface area contributed by atoms with Crippen LogP contribution in [0.4, 0.5) is 0 Å². The Balaban J connectivity index is 1.32. The van der Waals surface area contributed by atoms with Gasteiger partial charge in [-0.25, -0.2) is 14.4 Å². The number of nitrogens with zero attached hydrogens (tertiary/aromatic N) is 3. The molecule has 0 fully saturated rings. The summed E-state index contributed by atoms with van der Waals surface area (Å²) in [5.41, 5.74) is 2.98. The molecule has 1 aliphatic rings. The molecule has 0 bridgehead atoms. The molecule has 1 aliphatic heterocycles. The number of hydrogen-bond acceptors (Lipinski definition) is 6. The monoisotopic (exact) mass is 455 g/mol. The lowest BCUT2D eigenvalue weighted by atomic mass is 10.1. The first-order valence-electron chi connectivity index (χ1n) is 10.1. The molecule has 0 N–H and O–H groups in total. The molecule has 0 spiro atoms. The van der Waals surface area contributed by atoms with Gasteiger partial charge in [-0.05, 0) is 41.8 Å². The molecule has 5 rings (SSSR count). The average molecular weight is 455 g/mol. The fourth-order valence-electron chi connectivity index (χ4n) is 3.52. The third kappa shape index (κ3) is 3.99. The lowest BCUT2D eigenvalue weighted by Gasteiger charge is -2.12. The van der Waals surface area contributed by atoms with Crippen LogP contribution in [0.1, 0.15) is 26.3 Å². The van der Waals surface area contributed by atoms with E-state index in [1.807, 2.05) is 54.0 Å². The molecule has 8 heteroatoms. The van der Waals surface area contributed by atoms with Crippen LogP contribution in [0.2, 0.25) is 0 Å². The second kappa shape index (κ2) is 8.68. The zero-order valence-corrected chi connectivity index (χ0v) is 18.1. The first-order chi connectivity index (χ1) is 16.1. The number of carbonyl (C=O) groups is 3. The molecule has 3 heterocycles. The number of rotatable bonds is 6. The predicted octanol–water partition coefficient (Wildman–Crippen LogP) is 4.41. The highest BCUT2D eigenvalue weighted by molar-refractivity contribution is 7.13. The molecule has 33 heavy (non-hydrogen) atoms. The van der Waals surface area contributed by atoms with Gasteiger partial charge in [0, 0.05) is 17.8 Å². The minimum atomic E-state index is -0.670. The molecule has 4 aromatic rings. The number of imide groups is 1. The van der Waals surface area contributed by atoms with E-state index in [0.717, 1.165) is 26.7 Å². The van der Waals surface area contributed by atoms with E-state index in [1.54, 1.807) is 46.4 Å². The SMILES string of the molecule is O=C(C=Cc1cn(-c2ccccc2)nc1-c1cccs1)OCN1C(=O)c2ccccc2C1=O. The van der Waals surface area contributed by atoms with E-state index in [0.29, 0.717) is 11.1 Å². The summed E-state index contributed by atoms with van der Waals surface area (Å²) in [5, 5.41) is 6.64. The zero-order chi connectivity index (χ0) is 22.8. The fourth-order valence-corrected chi connectivity index (χ4v) is 4.25. The van der Waals surface area contributed by atoms with Crippen molar-refractivity contribution >= 4 is 35.2 Å². The summed E-state index contributed by atoms with van der Waals surface area (Å²) in [5.74, 6) is -1.62. The quantitative estimate of drug-likeness (QED) is 0.244. The van der Waals surface area contributed by atoms with Crippen LogP contribution in [0, 0.1) is 0 Å². The molecule has 0 radical (unpaired) electrons. The zero-order valence-electron chi connectivity index (χ0n) is 17.3. The molecule has 2 aromatic heterocycles. The summed E-state index contributed by atoms with van der Waals surface area (Å²) in [6, 6.07) is 20.1. The van der Waals surface area contributed by atoms with E-state index in [1.165, 1.54) is 6.08 Å². The Bertz CT molecular complexity index is 1340. The predicted molar refractivity (Wildman–Crippen MR) is 124 cm³/mol. The van der Waals surface area contributed by atoms with Crippen LogP contribution in [0.3, 0.4) is 0 Å². The van der Waals surface area contributed by atoms with Gasteiger partial charge in [-0.1, -0.05) is 36.4 Å². The van der Waals surface area contributed by atoms with Gasteiger partial charge in [0.1, 0.15) is 5.69 Å². The van der Waals surface area contributed by atoms with Gasteiger partial charge < -0.3 is 4.74 Å². The van der Waals surface area contributed by atoms with Crippen molar-refractivity contribution in [2.45, 2.75) is 0 Å². The summed E-state index contributed by atoms with van der Waals surface area (Å²) in [4.78, 5) is 39.0. The molecule has 0 unspecified atom stereocenters. The largest absolute Gasteiger partial charge is 0.441 e. The number of aromatic nitrogens is 2. The van der Waals surface area contributed by atoms with Gasteiger partial charge in [0.25, 0.3) is 11.8 Å². The number of ether oxygens (including phenoxy) is 1. The summed E-state index contributed by atoms with van der Waals surface area (Å²) in [6.07, 6.45) is 4.71. The number of hydrogen-bond donors (Lipinski definition) is 0. The van der Waals surface area contributed by atoms with Crippen LogP contribution >= 0.6 is 11.3 Å². The first-order valence-corrected chi connectivity index (χ1v) is 11.0. The van der Waals surface area contributed by atoms with Gasteiger partial charge in [-0.2, -0.15) is 5.10 Å². The Labute approximate surface area is 193 Å². The Morgan fingerprint density at radius 3 is 2.30 bits per heavy atom. The molecule has 7 nitrogen and oxygen atoms in total. The first kappa shape index (κ1) is 20.6. The normalized spacial score (nSPS) is 13.0. The third-order valence-corrected chi connectivity index (χ3v) is 6.01. The third-order valence-electron chi connectivity index (χ3n) is 5.13. The molecule has 2 amide bonds. The lowest BCUT2D eigenvalue weighted by molar-refractivity contribution is -0.140. The highest BCUT2D eigenvalue weighted by Crippen LogP contribution is 2.28. The molecular weight excluding hydrogens is 438 g/mol. The van der Waals surface area contributed by atoms with Crippen molar-refractivity contribution < 1.29 is 19.1 Å². The van der Waals surface area contributed by atoms with Crippen molar-refractivity contribution in [2.75, 3.05) is 6.73 Å². The standard InChI is InChI=1S/C25H17N3O4S/c29-22(32-16-27-24(30)19-9-4-5-10-20(19)25(27)31)13-12-17-15-28(18-7-2-1-3-8-18)26-23(17)21-11-6-14-33-21/h1-15H,16H2. The number of thiophene rings is 1. The molecule has 0 saturated carbocycles. The summed E-state index contributed by atoms with van der Waals surface area (Å²) in [6.45, 7) is -0.448. The van der Waals surface area contributed by atoms with E-state index in [-0.39, 0.29) is 0 Å². The van der Waals surface area contributed by atoms with E-state index in [9.17, 15) is 14.4 Å². The highest BCUT2D eigenvalue weighted by atomic mass is 32.1. The molecule has 0 saturated heterocycles. The average Bonchev–Trinajstić information content (AvgIpc) is 3.57. The summed E-state index contributed by atoms with van der Waals surface area (Å²) >= 11 is 1.55. The summed E-state index contributed by atoms with van der Waals surface area (Å²) < 4.78 is 6.92. The maximum atomic E-state index is 12.4. The Morgan fingerprint density at radius 1 is 0.939 bits per heavy atom. The van der Waals surface area contributed by atoms with E-state index in [4.69, 9.17) is 4.74 Å². The van der Waals surface area contributed by atoms with Crippen molar-refractivity contribution in [3.05, 3.63) is 101 Å². The number of benzene rings is 2. The molecule has 0 aliphatic carbocycles. The number of amides is 2. The topological polar surface area (TPSA) is 81.5 Å². The Hall–Kier alpha value is -4.30. The van der Waals surface area contributed by atoms with Crippen LogP contribution in [-0.2, 0) is 9.53 Å². The van der Waals surface area contributed by atoms with Crippen molar-refractivity contribution in [3.8, 4) is 16.3 Å². The van der Waals surface area contributed by atoms with Gasteiger partial charge in [0.05, 0.1) is 21.7 Å². The highest BCUT2D eigenvalue weighted by Gasteiger charge is 2.35. The van der Waals surface area contributed by atoms with Crippen LogP contribution < -0.4 is 0 Å². The molecule has 162 valence electrons. The molecule has 2 aromatic carbocycles. The lowest BCUT2D eigenvalue weighted by Crippen LogP contribution is -2.32. The minimum absolute atomic E-state index is 0.308. The van der Waals surface area contributed by atoms with Gasteiger partial charge in [-0.3, -0.25) is 9.59 Å². The smallest absolute Gasteiger partial charge is 0.332 e. The van der Waals surface area contributed by atoms with E-state index in [2.05, 4.69) is 5.10 Å². The molecule has 0 atom stereocenters. The minimum Gasteiger partial charge on any atom is -0.441 e. The summed E-state index contributed by atoms with van der Waals surface area (Å²) in [7, 11) is 0. The second-order valence-corrected chi connectivity index (χ2v) is 8.15. The van der Waals surface area contributed by atoms with Crippen LogP contribution in [0.15, 0.2) is 84.4 Å². The van der Waals surface area contributed by atoms with E-state index >= 15 is 0 Å². The number of esters is 1. The maximum Gasteiger partial charge on any atom is 0.332 e. The van der Waals surface area contributed by atoms with E-state index < -0.39 is 24.5 Å². The van der Waals surface area contributed by atoms with Crippen molar-refractivity contribution in [3.63, 3.8) is 0 Å². The Kier molecular flexibility index (Phi) is 5.42. The number of carbonyl (C=O) groups excluding carboxylic acids is 3. The van der Waals surface area contributed by atoms with Gasteiger partial charge in [0.15, 0.2) is 6.73 Å². The van der Waals surface area contributed by atoms with Crippen molar-refractivity contribution in [2.24, 2.45) is 0 Å². The van der Waals surface area contributed by atoms with Gasteiger partial charge in [0.2, 0.25) is 0 Å². The second-order valence-electron chi connectivity index (χ2n) is 7.20. The number of fused-ring (bicyclic) bond motifs is 1. The Morgan fingerprint density at radius 2 is 1.64 bits per heavy atom. The van der Waals surface area contributed by atoms with Crippen molar-refractivity contribution in [1.29, 1.82) is 0 Å². The number of para-hydroxylation sites is 1.